The second-order valence-corrected chi connectivity index (χ2v) is 6.05. The van der Waals surface area contributed by atoms with E-state index in [0.29, 0.717) is 11.3 Å². The molecule has 0 heterocycles. The van der Waals surface area contributed by atoms with Gasteiger partial charge in [-0.2, -0.15) is 0 Å². The van der Waals surface area contributed by atoms with E-state index in [9.17, 15) is 13.5 Å². The predicted octanol–water partition coefficient (Wildman–Crippen LogP) is 2.10. The number of phenols is 1. The molecule has 5 heteroatoms. The molecule has 0 aliphatic rings. The van der Waals surface area contributed by atoms with Crippen molar-refractivity contribution in [3.63, 3.8) is 0 Å². The normalized spacial score (nSPS) is 11.8. The lowest BCUT2D eigenvalue weighted by Gasteiger charge is -2.10. The van der Waals surface area contributed by atoms with Gasteiger partial charge in [-0.3, -0.25) is 4.72 Å². The first-order chi connectivity index (χ1) is 7.30. The van der Waals surface area contributed by atoms with E-state index in [0.717, 1.165) is 0 Å². The zero-order chi connectivity index (χ0) is 12.3. The first-order valence-electron chi connectivity index (χ1n) is 5.10. The molecular weight excluding hydrogens is 226 g/mol. The van der Waals surface area contributed by atoms with Crippen LogP contribution in [0.2, 0.25) is 0 Å². The van der Waals surface area contributed by atoms with Crippen LogP contribution in [-0.2, 0) is 10.0 Å². The molecule has 16 heavy (non-hydrogen) atoms. The SMILES string of the molecule is Cc1ccc(NS(=O)(=O)CC(C)C)cc1O. The van der Waals surface area contributed by atoms with Crippen molar-refractivity contribution >= 4 is 15.7 Å². The van der Waals surface area contributed by atoms with Gasteiger partial charge in [0.2, 0.25) is 10.0 Å². The Morgan fingerprint density at radius 3 is 2.50 bits per heavy atom. The lowest BCUT2D eigenvalue weighted by molar-refractivity contribution is 0.471. The Hall–Kier alpha value is -1.23. The number of hydrogen-bond acceptors (Lipinski definition) is 3. The van der Waals surface area contributed by atoms with E-state index in [1.54, 1.807) is 19.1 Å². The van der Waals surface area contributed by atoms with E-state index < -0.39 is 10.0 Å². The summed E-state index contributed by atoms with van der Waals surface area (Å²) in [4.78, 5) is 0. The second kappa shape index (κ2) is 4.74. The Balaban J connectivity index is 2.84. The minimum atomic E-state index is -3.32. The first kappa shape index (κ1) is 12.8. The van der Waals surface area contributed by atoms with Crippen LogP contribution in [0.15, 0.2) is 18.2 Å². The number of rotatable bonds is 4. The third-order valence-corrected chi connectivity index (χ3v) is 3.69. The summed E-state index contributed by atoms with van der Waals surface area (Å²) in [5.74, 6) is 0.225. The summed E-state index contributed by atoms with van der Waals surface area (Å²) in [6.07, 6.45) is 0. The van der Waals surface area contributed by atoms with Crippen LogP contribution in [0.1, 0.15) is 19.4 Å². The summed E-state index contributed by atoms with van der Waals surface area (Å²) in [5, 5.41) is 9.44. The van der Waals surface area contributed by atoms with Crippen LogP contribution in [-0.4, -0.2) is 19.3 Å². The van der Waals surface area contributed by atoms with Gasteiger partial charge in [0, 0.05) is 6.07 Å². The molecule has 0 amide bonds. The minimum absolute atomic E-state index is 0.0662. The molecule has 0 saturated heterocycles. The van der Waals surface area contributed by atoms with Crippen LogP contribution < -0.4 is 4.72 Å². The molecule has 0 aliphatic heterocycles. The van der Waals surface area contributed by atoms with Gasteiger partial charge in [-0.25, -0.2) is 8.42 Å². The zero-order valence-electron chi connectivity index (χ0n) is 9.69. The highest BCUT2D eigenvalue weighted by Gasteiger charge is 2.13. The molecule has 0 radical (unpaired) electrons. The van der Waals surface area contributed by atoms with Gasteiger partial charge in [0.1, 0.15) is 5.75 Å². The predicted molar refractivity (Wildman–Crippen MR) is 65.1 cm³/mol. The molecule has 0 spiro atoms. The Morgan fingerprint density at radius 2 is 2.00 bits per heavy atom. The molecule has 1 rings (SSSR count). The van der Waals surface area contributed by atoms with Crippen molar-refractivity contribution in [1.82, 2.24) is 0 Å². The number of sulfonamides is 1. The van der Waals surface area contributed by atoms with Gasteiger partial charge in [0.05, 0.1) is 11.4 Å². The summed E-state index contributed by atoms with van der Waals surface area (Å²) in [6, 6.07) is 4.71. The highest BCUT2D eigenvalue weighted by Crippen LogP contribution is 2.21. The molecule has 1 aromatic rings. The summed E-state index contributed by atoms with van der Waals surface area (Å²) in [6.45, 7) is 5.43. The van der Waals surface area contributed by atoms with E-state index in [4.69, 9.17) is 0 Å². The van der Waals surface area contributed by atoms with Crippen molar-refractivity contribution in [2.75, 3.05) is 10.5 Å². The fourth-order valence-electron chi connectivity index (χ4n) is 1.33. The van der Waals surface area contributed by atoms with E-state index in [-0.39, 0.29) is 17.4 Å². The first-order valence-corrected chi connectivity index (χ1v) is 6.75. The number of aromatic hydroxyl groups is 1. The quantitative estimate of drug-likeness (QED) is 0.851. The molecule has 0 unspecified atom stereocenters. The summed E-state index contributed by atoms with van der Waals surface area (Å²) in [7, 11) is -3.32. The second-order valence-electron chi connectivity index (χ2n) is 4.28. The Labute approximate surface area is 96.4 Å². The Kier molecular flexibility index (Phi) is 3.80. The standard InChI is InChI=1S/C11H17NO3S/c1-8(2)7-16(14,15)12-10-5-4-9(3)11(13)6-10/h4-6,8,12-13H,7H2,1-3H3. The van der Waals surface area contributed by atoms with Crippen LogP contribution in [0.25, 0.3) is 0 Å². The van der Waals surface area contributed by atoms with E-state index in [2.05, 4.69) is 4.72 Å². The van der Waals surface area contributed by atoms with Crippen molar-refractivity contribution in [2.45, 2.75) is 20.8 Å². The van der Waals surface area contributed by atoms with Crippen LogP contribution in [0.5, 0.6) is 5.75 Å². The highest BCUT2D eigenvalue weighted by molar-refractivity contribution is 7.92. The molecule has 0 fully saturated rings. The number of hydrogen-bond donors (Lipinski definition) is 2. The molecule has 1 aromatic carbocycles. The fourth-order valence-corrected chi connectivity index (χ4v) is 2.78. The van der Waals surface area contributed by atoms with Gasteiger partial charge in [-0.05, 0) is 24.5 Å². The fraction of sp³-hybridized carbons (Fsp3) is 0.455. The van der Waals surface area contributed by atoms with Crippen molar-refractivity contribution in [3.8, 4) is 5.75 Å². The monoisotopic (exact) mass is 243 g/mol. The molecule has 0 atom stereocenters. The topological polar surface area (TPSA) is 66.4 Å². The molecule has 90 valence electrons. The third kappa shape index (κ3) is 3.73. The molecular formula is C11H17NO3S. The lowest BCUT2D eigenvalue weighted by atomic mass is 10.2. The zero-order valence-corrected chi connectivity index (χ0v) is 10.5. The number of anilines is 1. The van der Waals surface area contributed by atoms with Gasteiger partial charge < -0.3 is 5.11 Å². The van der Waals surface area contributed by atoms with E-state index in [1.165, 1.54) is 6.07 Å². The van der Waals surface area contributed by atoms with Crippen LogP contribution in [0.3, 0.4) is 0 Å². The largest absolute Gasteiger partial charge is 0.508 e. The van der Waals surface area contributed by atoms with Crippen LogP contribution in [0.4, 0.5) is 5.69 Å². The van der Waals surface area contributed by atoms with Gasteiger partial charge >= 0.3 is 0 Å². The number of phenolic OH excluding ortho intramolecular Hbond substituents is 1. The summed E-state index contributed by atoms with van der Waals surface area (Å²) < 4.78 is 25.7. The summed E-state index contributed by atoms with van der Waals surface area (Å²) in [5.41, 5.74) is 1.11. The molecule has 0 bridgehead atoms. The van der Waals surface area contributed by atoms with Gasteiger partial charge in [-0.1, -0.05) is 19.9 Å². The lowest BCUT2D eigenvalue weighted by Crippen LogP contribution is -2.19. The Bertz CT molecular complexity index is 466. The number of benzene rings is 1. The third-order valence-electron chi connectivity index (χ3n) is 2.04. The van der Waals surface area contributed by atoms with Gasteiger partial charge in [0.25, 0.3) is 0 Å². The van der Waals surface area contributed by atoms with Crippen molar-refractivity contribution < 1.29 is 13.5 Å². The Morgan fingerprint density at radius 1 is 1.38 bits per heavy atom. The highest BCUT2D eigenvalue weighted by atomic mass is 32.2. The maximum absolute atomic E-state index is 11.6. The minimum Gasteiger partial charge on any atom is -0.508 e. The number of nitrogens with one attached hydrogen (secondary N) is 1. The average Bonchev–Trinajstić information content (AvgIpc) is 2.08. The molecule has 0 saturated carbocycles. The molecule has 2 N–H and O–H groups in total. The molecule has 4 nitrogen and oxygen atoms in total. The van der Waals surface area contributed by atoms with E-state index >= 15 is 0 Å². The van der Waals surface area contributed by atoms with Crippen molar-refractivity contribution in [2.24, 2.45) is 5.92 Å². The van der Waals surface area contributed by atoms with Crippen LogP contribution >= 0.6 is 0 Å². The average molecular weight is 243 g/mol. The van der Waals surface area contributed by atoms with Gasteiger partial charge in [-0.15, -0.1) is 0 Å². The summed E-state index contributed by atoms with van der Waals surface area (Å²) >= 11 is 0. The maximum Gasteiger partial charge on any atom is 0.232 e. The smallest absolute Gasteiger partial charge is 0.232 e. The van der Waals surface area contributed by atoms with E-state index in [1.807, 2.05) is 13.8 Å². The van der Waals surface area contributed by atoms with Crippen molar-refractivity contribution in [3.05, 3.63) is 23.8 Å². The maximum atomic E-state index is 11.6. The van der Waals surface area contributed by atoms with Crippen LogP contribution in [0, 0.1) is 12.8 Å². The van der Waals surface area contributed by atoms with Crippen molar-refractivity contribution in [1.29, 1.82) is 0 Å². The molecule has 0 aliphatic carbocycles. The number of aryl methyl sites for hydroxylation is 1. The molecule has 0 aromatic heterocycles. The van der Waals surface area contributed by atoms with Gasteiger partial charge in [0.15, 0.2) is 0 Å².